The fourth-order valence-electron chi connectivity index (χ4n) is 3.09. The lowest BCUT2D eigenvalue weighted by molar-refractivity contribution is 0.0888. The van der Waals surface area contributed by atoms with Crippen molar-refractivity contribution < 1.29 is 9.47 Å². The largest absolute Gasteiger partial charge is 0.381 e. The van der Waals surface area contributed by atoms with E-state index in [1.54, 1.807) is 13.4 Å². The zero-order valence-electron chi connectivity index (χ0n) is 14.8. The van der Waals surface area contributed by atoms with Crippen LogP contribution in [0.3, 0.4) is 0 Å². The molecule has 0 radical (unpaired) electrons. The molecule has 1 aromatic rings. The third-order valence-electron chi connectivity index (χ3n) is 4.51. The third kappa shape index (κ3) is 6.37. The van der Waals surface area contributed by atoms with Gasteiger partial charge in [0, 0.05) is 45.2 Å². The number of aliphatic imine (C=N–C) groups is 1. The number of aryl methyl sites for hydroxylation is 1. The van der Waals surface area contributed by atoms with Crippen molar-refractivity contribution in [1.29, 1.82) is 0 Å². The van der Waals surface area contributed by atoms with Crippen molar-refractivity contribution >= 4 is 29.9 Å². The Balaban J connectivity index is 0.00000225. The smallest absolute Gasteiger partial charge is 0.191 e. The molecule has 2 atom stereocenters. The number of halogens is 1. The molecule has 8 nitrogen and oxygen atoms in total. The summed E-state index contributed by atoms with van der Waals surface area (Å²) in [6, 6.07) is 0.337. The van der Waals surface area contributed by atoms with Crippen LogP contribution in [0.15, 0.2) is 11.3 Å². The Hall–Kier alpha value is -0.940. The molecule has 0 aromatic carbocycles. The van der Waals surface area contributed by atoms with Crippen molar-refractivity contribution in [2.45, 2.75) is 38.3 Å². The average Bonchev–Trinajstić information content (AvgIpc) is 3.27. The van der Waals surface area contributed by atoms with Crippen LogP contribution >= 0.6 is 24.0 Å². The lowest BCUT2D eigenvalue weighted by atomic mass is 10.1. The average molecular weight is 464 g/mol. The van der Waals surface area contributed by atoms with Crippen LogP contribution in [-0.2, 0) is 22.4 Å². The van der Waals surface area contributed by atoms with Gasteiger partial charge < -0.3 is 20.1 Å². The summed E-state index contributed by atoms with van der Waals surface area (Å²) in [5.74, 6) is 2.49. The Morgan fingerprint density at radius 2 is 2.40 bits per heavy atom. The van der Waals surface area contributed by atoms with E-state index in [-0.39, 0.29) is 24.0 Å². The molecule has 0 saturated carbocycles. The zero-order valence-corrected chi connectivity index (χ0v) is 17.1. The van der Waals surface area contributed by atoms with E-state index in [0.717, 1.165) is 77.0 Å². The summed E-state index contributed by atoms with van der Waals surface area (Å²) in [6.45, 7) is 5.00. The van der Waals surface area contributed by atoms with Gasteiger partial charge in [-0.15, -0.1) is 24.0 Å². The van der Waals surface area contributed by atoms with Crippen LogP contribution in [0.25, 0.3) is 0 Å². The molecule has 1 fully saturated rings. The molecule has 1 aromatic heterocycles. The van der Waals surface area contributed by atoms with Crippen LogP contribution in [0.1, 0.15) is 25.1 Å². The van der Waals surface area contributed by atoms with Gasteiger partial charge in [0.05, 0.1) is 19.8 Å². The number of hydrogen-bond acceptors (Lipinski definition) is 5. The summed E-state index contributed by atoms with van der Waals surface area (Å²) in [6.07, 6.45) is 5.72. The van der Waals surface area contributed by atoms with E-state index in [0.29, 0.717) is 12.0 Å². The van der Waals surface area contributed by atoms with Crippen LogP contribution in [0.2, 0.25) is 0 Å². The van der Waals surface area contributed by atoms with E-state index in [1.165, 1.54) is 0 Å². The molecule has 0 spiro atoms. The summed E-state index contributed by atoms with van der Waals surface area (Å²) >= 11 is 0. The minimum atomic E-state index is 0. The summed E-state index contributed by atoms with van der Waals surface area (Å²) < 4.78 is 13.0. The van der Waals surface area contributed by atoms with E-state index in [1.807, 2.05) is 4.68 Å². The topological polar surface area (TPSA) is 85.6 Å². The molecule has 2 aliphatic heterocycles. The van der Waals surface area contributed by atoms with Gasteiger partial charge in [-0.05, 0) is 19.3 Å². The van der Waals surface area contributed by atoms with Gasteiger partial charge in [-0.2, -0.15) is 5.10 Å². The fraction of sp³-hybridized carbons (Fsp3) is 0.812. The second-order valence-corrected chi connectivity index (χ2v) is 6.40. The Bertz CT molecular complexity index is 532. The molecular weight excluding hydrogens is 435 g/mol. The molecule has 1 saturated heterocycles. The first-order chi connectivity index (χ1) is 11.8. The number of hydrogen-bond donors (Lipinski definition) is 2. The molecule has 3 heterocycles. The summed E-state index contributed by atoms with van der Waals surface area (Å²) in [5.41, 5.74) is 0. The lowest BCUT2D eigenvalue weighted by Gasteiger charge is -2.25. The zero-order chi connectivity index (χ0) is 16.6. The van der Waals surface area contributed by atoms with Gasteiger partial charge in [-0.25, -0.2) is 9.67 Å². The van der Waals surface area contributed by atoms with Gasteiger partial charge in [0.2, 0.25) is 0 Å². The van der Waals surface area contributed by atoms with Gasteiger partial charge in [0.25, 0.3) is 0 Å². The van der Waals surface area contributed by atoms with Crippen molar-refractivity contribution in [3.63, 3.8) is 0 Å². The second kappa shape index (κ2) is 10.9. The molecule has 0 amide bonds. The van der Waals surface area contributed by atoms with Crippen LogP contribution in [0.5, 0.6) is 0 Å². The predicted octanol–water partition coefficient (Wildman–Crippen LogP) is 0.819. The Kier molecular flexibility index (Phi) is 8.90. The van der Waals surface area contributed by atoms with Gasteiger partial charge in [-0.3, -0.25) is 4.99 Å². The number of nitrogens with one attached hydrogen (secondary N) is 2. The quantitative estimate of drug-likeness (QED) is 0.269. The SMILES string of the molecule is CN=C(NCCCOCC1CCOC1)NC1CCc2ncnn2C1.I. The number of aromatic nitrogens is 3. The number of fused-ring (bicyclic) bond motifs is 1. The Morgan fingerprint density at radius 1 is 1.48 bits per heavy atom. The maximum atomic E-state index is 5.71. The van der Waals surface area contributed by atoms with Crippen molar-refractivity contribution in [3.05, 3.63) is 12.2 Å². The molecule has 142 valence electrons. The highest BCUT2D eigenvalue weighted by Crippen LogP contribution is 2.12. The van der Waals surface area contributed by atoms with Gasteiger partial charge in [-0.1, -0.05) is 0 Å². The number of rotatable bonds is 7. The Morgan fingerprint density at radius 3 is 3.20 bits per heavy atom. The molecule has 9 heteroatoms. The van der Waals surface area contributed by atoms with Crippen LogP contribution in [0.4, 0.5) is 0 Å². The number of guanidine groups is 1. The molecule has 2 N–H and O–H groups in total. The summed E-state index contributed by atoms with van der Waals surface area (Å²) in [4.78, 5) is 8.55. The molecule has 2 unspecified atom stereocenters. The maximum absolute atomic E-state index is 5.71. The van der Waals surface area contributed by atoms with Crippen LogP contribution < -0.4 is 10.6 Å². The van der Waals surface area contributed by atoms with Gasteiger partial charge in [0.15, 0.2) is 5.96 Å². The summed E-state index contributed by atoms with van der Waals surface area (Å²) in [7, 11) is 1.80. The van der Waals surface area contributed by atoms with Gasteiger partial charge in [0.1, 0.15) is 12.2 Å². The van der Waals surface area contributed by atoms with E-state index in [9.17, 15) is 0 Å². The second-order valence-electron chi connectivity index (χ2n) is 6.40. The minimum absolute atomic E-state index is 0. The van der Waals surface area contributed by atoms with Crippen molar-refractivity contribution in [2.24, 2.45) is 10.9 Å². The molecular formula is C16H29IN6O2. The normalized spacial score (nSPS) is 23.0. The van der Waals surface area contributed by atoms with E-state index >= 15 is 0 Å². The van der Waals surface area contributed by atoms with Crippen molar-refractivity contribution in [1.82, 2.24) is 25.4 Å². The van der Waals surface area contributed by atoms with Crippen LogP contribution in [-0.4, -0.2) is 66.8 Å². The first kappa shape index (κ1) is 20.4. The minimum Gasteiger partial charge on any atom is -0.381 e. The number of ether oxygens (including phenoxy) is 2. The standard InChI is InChI=1S/C16H28N6O2.HI/c1-17-16(18-6-2-7-23-10-13-5-8-24-11-13)21-14-3-4-15-19-12-20-22(15)9-14;/h12-14H,2-11H2,1H3,(H2,17,18,21);1H. The fourth-order valence-corrected chi connectivity index (χ4v) is 3.09. The monoisotopic (exact) mass is 464 g/mol. The van der Waals surface area contributed by atoms with Crippen molar-refractivity contribution in [3.8, 4) is 0 Å². The molecule has 3 rings (SSSR count). The first-order valence-electron chi connectivity index (χ1n) is 8.84. The van der Waals surface area contributed by atoms with Crippen LogP contribution in [0, 0.1) is 5.92 Å². The molecule has 0 aliphatic carbocycles. The lowest BCUT2D eigenvalue weighted by Crippen LogP contribution is -2.47. The number of nitrogens with zero attached hydrogens (tertiary/aromatic N) is 4. The molecule has 0 bridgehead atoms. The predicted molar refractivity (Wildman–Crippen MR) is 106 cm³/mol. The van der Waals surface area contributed by atoms with E-state index < -0.39 is 0 Å². The third-order valence-corrected chi connectivity index (χ3v) is 4.51. The summed E-state index contributed by atoms with van der Waals surface area (Å²) in [5, 5.41) is 11.1. The highest BCUT2D eigenvalue weighted by molar-refractivity contribution is 14.0. The molecule has 2 aliphatic rings. The van der Waals surface area contributed by atoms with Crippen molar-refractivity contribution in [2.75, 3.05) is 40.0 Å². The van der Waals surface area contributed by atoms with E-state index in [2.05, 4.69) is 25.7 Å². The first-order valence-corrected chi connectivity index (χ1v) is 8.84. The highest BCUT2D eigenvalue weighted by atomic mass is 127. The highest BCUT2D eigenvalue weighted by Gasteiger charge is 2.20. The molecule has 25 heavy (non-hydrogen) atoms. The van der Waals surface area contributed by atoms with E-state index in [4.69, 9.17) is 9.47 Å². The Labute approximate surface area is 166 Å². The maximum Gasteiger partial charge on any atom is 0.191 e. The van der Waals surface area contributed by atoms with Gasteiger partial charge >= 0.3 is 0 Å².